The number of hydrogen-bond donors (Lipinski definition) is 1. The zero-order valence-corrected chi connectivity index (χ0v) is 18.2. The lowest BCUT2D eigenvalue weighted by Crippen LogP contribution is -2.31. The summed E-state index contributed by atoms with van der Waals surface area (Å²) in [6.07, 6.45) is 1.36. The monoisotopic (exact) mass is 449 g/mol. The number of benzene rings is 2. The molecule has 30 heavy (non-hydrogen) atoms. The van der Waals surface area contributed by atoms with Crippen LogP contribution >= 0.6 is 0 Å². The van der Waals surface area contributed by atoms with Crippen LogP contribution in [0.3, 0.4) is 0 Å². The lowest BCUT2D eigenvalue weighted by molar-refractivity contribution is 0.340. The molecule has 1 N–H and O–H groups in total. The van der Waals surface area contributed by atoms with Crippen LogP contribution in [0, 0.1) is 6.92 Å². The summed E-state index contributed by atoms with van der Waals surface area (Å²) >= 11 is 0. The Kier molecular flexibility index (Phi) is 6.64. The molecule has 1 atom stereocenters. The molecule has 0 bridgehead atoms. The Morgan fingerprint density at radius 2 is 1.57 bits per heavy atom. The van der Waals surface area contributed by atoms with Gasteiger partial charge in [0.25, 0.3) is 0 Å². The molecule has 0 amide bonds. The summed E-state index contributed by atoms with van der Waals surface area (Å²) in [6.45, 7) is 3.77. The number of sulfone groups is 1. The Balaban J connectivity index is 1.86. The summed E-state index contributed by atoms with van der Waals surface area (Å²) in [6, 6.07) is 15.4. The molecule has 2 aromatic carbocycles. The minimum atomic E-state index is -3.94. The van der Waals surface area contributed by atoms with Crippen LogP contribution in [-0.4, -0.2) is 30.0 Å². The van der Waals surface area contributed by atoms with Gasteiger partial charge in [-0.25, -0.2) is 21.6 Å². The van der Waals surface area contributed by atoms with E-state index in [1.165, 1.54) is 36.6 Å². The summed E-state index contributed by atoms with van der Waals surface area (Å²) in [5.41, 5.74) is 0.916. The smallest absolute Gasteiger partial charge is 0.240 e. The molecule has 3 rings (SSSR count). The minimum absolute atomic E-state index is 0.0110. The summed E-state index contributed by atoms with van der Waals surface area (Å²) in [7, 11) is -7.84. The van der Waals surface area contributed by atoms with E-state index in [0.717, 1.165) is 5.56 Å². The van der Waals surface area contributed by atoms with E-state index in [1.54, 1.807) is 30.3 Å². The standard InChI is InChI=1S/C21H23NO6S2/c1-3-27-17-8-12-19(13-9-17)30(25,26)22-15-21(20-5-4-14-28-20)29(23,24)18-10-6-16(2)7-11-18/h4-14,21-22H,3,15H2,1-2H3/t21-/m1/s1. The summed E-state index contributed by atoms with van der Waals surface area (Å²) in [5, 5.41) is -1.22. The second-order valence-electron chi connectivity index (χ2n) is 6.62. The fourth-order valence-corrected chi connectivity index (χ4v) is 5.62. The molecule has 0 saturated carbocycles. The van der Waals surface area contributed by atoms with Crippen molar-refractivity contribution in [1.82, 2.24) is 4.72 Å². The maximum atomic E-state index is 13.2. The average Bonchev–Trinajstić information content (AvgIpc) is 3.23. The molecule has 0 radical (unpaired) electrons. The normalized spacial score (nSPS) is 13.1. The summed E-state index contributed by atoms with van der Waals surface area (Å²) in [5.74, 6) is 0.705. The van der Waals surface area contributed by atoms with Crippen molar-refractivity contribution in [2.45, 2.75) is 28.9 Å². The zero-order valence-electron chi connectivity index (χ0n) is 16.6. The van der Waals surface area contributed by atoms with Crippen molar-refractivity contribution in [2.75, 3.05) is 13.2 Å². The molecule has 0 spiro atoms. The molecule has 7 nitrogen and oxygen atoms in total. The van der Waals surface area contributed by atoms with Gasteiger partial charge in [-0.2, -0.15) is 0 Å². The minimum Gasteiger partial charge on any atom is -0.494 e. The average molecular weight is 450 g/mol. The van der Waals surface area contributed by atoms with Gasteiger partial charge in [0.1, 0.15) is 16.8 Å². The van der Waals surface area contributed by atoms with Gasteiger partial charge in [0.2, 0.25) is 10.0 Å². The van der Waals surface area contributed by atoms with E-state index in [0.29, 0.717) is 12.4 Å². The third kappa shape index (κ3) is 4.92. The van der Waals surface area contributed by atoms with Gasteiger partial charge in [0, 0.05) is 6.54 Å². The van der Waals surface area contributed by atoms with E-state index < -0.39 is 25.1 Å². The fourth-order valence-electron chi connectivity index (χ4n) is 2.88. The number of sulfonamides is 1. The van der Waals surface area contributed by atoms with Crippen LogP contribution < -0.4 is 9.46 Å². The molecule has 9 heteroatoms. The van der Waals surface area contributed by atoms with Crippen LogP contribution in [0.5, 0.6) is 5.75 Å². The Labute approximate surface area is 176 Å². The number of aryl methyl sites for hydroxylation is 1. The van der Waals surface area contributed by atoms with Crippen molar-refractivity contribution < 1.29 is 26.0 Å². The van der Waals surface area contributed by atoms with E-state index in [9.17, 15) is 16.8 Å². The number of nitrogens with one attached hydrogen (secondary N) is 1. The lowest BCUT2D eigenvalue weighted by Gasteiger charge is -2.17. The van der Waals surface area contributed by atoms with Gasteiger partial charge in [0.15, 0.2) is 9.84 Å². The van der Waals surface area contributed by atoms with Gasteiger partial charge in [-0.3, -0.25) is 0 Å². The van der Waals surface area contributed by atoms with Crippen LogP contribution in [0.1, 0.15) is 23.5 Å². The number of hydrogen-bond acceptors (Lipinski definition) is 6. The molecular formula is C21H23NO6S2. The Bertz CT molecular complexity index is 1170. The molecule has 160 valence electrons. The van der Waals surface area contributed by atoms with Crippen LogP contribution in [0.15, 0.2) is 81.1 Å². The molecule has 0 aliphatic rings. The third-order valence-corrected chi connectivity index (χ3v) is 8.01. The van der Waals surface area contributed by atoms with Crippen molar-refractivity contribution in [3.05, 3.63) is 78.3 Å². The van der Waals surface area contributed by atoms with Gasteiger partial charge >= 0.3 is 0 Å². The van der Waals surface area contributed by atoms with Crippen molar-refractivity contribution >= 4 is 19.9 Å². The van der Waals surface area contributed by atoms with Gasteiger partial charge in [-0.05, 0) is 62.4 Å². The van der Waals surface area contributed by atoms with Crippen molar-refractivity contribution in [3.8, 4) is 5.75 Å². The highest BCUT2D eigenvalue weighted by Gasteiger charge is 2.32. The largest absolute Gasteiger partial charge is 0.494 e. The molecule has 1 heterocycles. The molecule has 0 saturated heterocycles. The second-order valence-corrected chi connectivity index (χ2v) is 10.5. The van der Waals surface area contributed by atoms with E-state index in [1.807, 2.05) is 13.8 Å². The predicted octanol–water partition coefficient (Wildman–Crippen LogP) is 3.48. The van der Waals surface area contributed by atoms with Crippen LogP contribution in [0.25, 0.3) is 0 Å². The van der Waals surface area contributed by atoms with Gasteiger partial charge in [-0.1, -0.05) is 17.7 Å². The molecule has 3 aromatic rings. The Morgan fingerprint density at radius 3 is 2.13 bits per heavy atom. The Morgan fingerprint density at radius 1 is 0.933 bits per heavy atom. The van der Waals surface area contributed by atoms with E-state index in [4.69, 9.17) is 9.15 Å². The molecule has 0 unspecified atom stereocenters. The van der Waals surface area contributed by atoms with Crippen LogP contribution in [0.2, 0.25) is 0 Å². The summed E-state index contributed by atoms with van der Waals surface area (Å²) in [4.78, 5) is 0.103. The third-order valence-electron chi connectivity index (χ3n) is 4.49. The van der Waals surface area contributed by atoms with E-state index in [2.05, 4.69) is 4.72 Å². The molecule has 1 aromatic heterocycles. The number of ether oxygens (including phenoxy) is 1. The number of furan rings is 1. The van der Waals surface area contributed by atoms with Crippen molar-refractivity contribution in [3.63, 3.8) is 0 Å². The maximum absolute atomic E-state index is 13.2. The maximum Gasteiger partial charge on any atom is 0.240 e. The molecule has 0 aliphatic heterocycles. The van der Waals surface area contributed by atoms with E-state index >= 15 is 0 Å². The highest BCUT2D eigenvalue weighted by Crippen LogP contribution is 2.29. The Hall–Kier alpha value is -2.62. The highest BCUT2D eigenvalue weighted by atomic mass is 32.2. The first kappa shape index (κ1) is 22.1. The lowest BCUT2D eigenvalue weighted by atomic mass is 10.2. The topological polar surface area (TPSA) is 103 Å². The summed E-state index contributed by atoms with van der Waals surface area (Å²) < 4.78 is 64.8. The number of rotatable bonds is 9. The first-order valence-electron chi connectivity index (χ1n) is 9.30. The van der Waals surface area contributed by atoms with Gasteiger partial charge in [-0.15, -0.1) is 0 Å². The fraction of sp³-hybridized carbons (Fsp3) is 0.238. The van der Waals surface area contributed by atoms with E-state index in [-0.39, 0.29) is 22.1 Å². The second kappa shape index (κ2) is 9.03. The van der Waals surface area contributed by atoms with Gasteiger partial charge in [0.05, 0.1) is 22.7 Å². The molecular weight excluding hydrogens is 426 g/mol. The SMILES string of the molecule is CCOc1ccc(S(=O)(=O)NC[C@H](c2ccco2)S(=O)(=O)c2ccc(C)cc2)cc1. The zero-order chi connectivity index (χ0) is 21.8. The predicted molar refractivity (Wildman–Crippen MR) is 113 cm³/mol. The molecule has 0 aliphatic carbocycles. The first-order chi connectivity index (χ1) is 14.2. The van der Waals surface area contributed by atoms with Crippen molar-refractivity contribution in [1.29, 1.82) is 0 Å². The highest BCUT2D eigenvalue weighted by molar-refractivity contribution is 7.92. The van der Waals surface area contributed by atoms with Crippen LogP contribution in [-0.2, 0) is 19.9 Å². The first-order valence-corrected chi connectivity index (χ1v) is 12.3. The molecule has 0 fully saturated rings. The quantitative estimate of drug-likeness (QED) is 0.537. The van der Waals surface area contributed by atoms with Gasteiger partial charge < -0.3 is 9.15 Å². The van der Waals surface area contributed by atoms with Crippen LogP contribution in [0.4, 0.5) is 0 Å². The van der Waals surface area contributed by atoms with Crippen molar-refractivity contribution in [2.24, 2.45) is 0 Å².